The summed E-state index contributed by atoms with van der Waals surface area (Å²) in [4.78, 5) is 0. The molecule has 0 saturated carbocycles. The zero-order chi connectivity index (χ0) is 30.6. The number of rotatable bonds is 2. The molecule has 218 valence electrons. The molecular weight excluding hydrogens is 593 g/mol. The van der Waals surface area contributed by atoms with Crippen molar-refractivity contribution in [3.05, 3.63) is 146 Å². The van der Waals surface area contributed by atoms with Crippen molar-refractivity contribution in [3.63, 3.8) is 0 Å². The molecule has 0 saturated heterocycles. The minimum atomic E-state index is 0.908. The fraction of sp³-hybridized carbons (Fsp3) is 0. The monoisotopic (exact) mass is 616 g/mol. The Morgan fingerprint density at radius 1 is 0.340 bits per heavy atom. The predicted molar refractivity (Wildman–Crippen MR) is 200 cm³/mol. The highest BCUT2D eigenvalue weighted by molar-refractivity contribution is 7.26. The molecule has 0 N–H and O–H groups in total. The van der Waals surface area contributed by atoms with Crippen LogP contribution in [0.4, 0.5) is 0 Å². The molecule has 47 heavy (non-hydrogen) atoms. The first-order chi connectivity index (χ1) is 23.3. The molecule has 3 heterocycles. The van der Waals surface area contributed by atoms with Crippen LogP contribution >= 0.6 is 11.3 Å². The maximum atomic E-state index is 6.49. The molecule has 0 aliphatic heterocycles. The van der Waals surface area contributed by atoms with Crippen molar-refractivity contribution in [2.45, 2.75) is 0 Å². The molecule has 0 unspecified atom stereocenters. The summed E-state index contributed by atoms with van der Waals surface area (Å²) in [7, 11) is 0. The van der Waals surface area contributed by atoms with E-state index < -0.39 is 0 Å². The van der Waals surface area contributed by atoms with Crippen molar-refractivity contribution in [1.29, 1.82) is 0 Å². The topological polar surface area (TPSA) is 26.3 Å². The minimum Gasteiger partial charge on any atom is -0.456 e. The van der Waals surface area contributed by atoms with E-state index in [1.54, 1.807) is 0 Å². The zero-order valence-electron chi connectivity index (χ0n) is 25.1. The summed E-state index contributed by atoms with van der Waals surface area (Å²) in [5, 5.41) is 12.1. The molecule has 0 aliphatic carbocycles. The maximum Gasteiger partial charge on any atom is 0.136 e. The third-order valence-corrected chi connectivity index (χ3v) is 11.0. The number of hydrogen-bond acceptors (Lipinski definition) is 3. The fourth-order valence-electron chi connectivity index (χ4n) is 7.95. The van der Waals surface area contributed by atoms with Gasteiger partial charge in [0, 0.05) is 41.7 Å². The van der Waals surface area contributed by atoms with Crippen LogP contribution in [0, 0.1) is 0 Å². The van der Waals surface area contributed by atoms with E-state index in [9.17, 15) is 0 Å². The van der Waals surface area contributed by atoms with E-state index in [1.165, 1.54) is 69.4 Å². The van der Waals surface area contributed by atoms with Gasteiger partial charge in [0.1, 0.15) is 22.3 Å². The van der Waals surface area contributed by atoms with E-state index in [0.29, 0.717) is 0 Å². The second kappa shape index (κ2) is 9.32. The number of fused-ring (bicyclic) bond motifs is 12. The zero-order valence-corrected chi connectivity index (χ0v) is 25.9. The van der Waals surface area contributed by atoms with Gasteiger partial charge in [-0.1, -0.05) is 103 Å². The van der Waals surface area contributed by atoms with E-state index in [0.717, 1.165) is 38.5 Å². The van der Waals surface area contributed by atoms with Gasteiger partial charge in [-0.2, -0.15) is 0 Å². The molecule has 0 spiro atoms. The lowest BCUT2D eigenvalue weighted by atomic mass is 9.84. The normalized spacial score (nSPS) is 12.3. The van der Waals surface area contributed by atoms with Gasteiger partial charge in [0.2, 0.25) is 0 Å². The third-order valence-electron chi connectivity index (χ3n) is 9.87. The van der Waals surface area contributed by atoms with Gasteiger partial charge in [-0.3, -0.25) is 0 Å². The minimum absolute atomic E-state index is 0.908. The summed E-state index contributed by atoms with van der Waals surface area (Å²) < 4.78 is 15.4. The molecule has 0 aliphatic rings. The number of furan rings is 2. The van der Waals surface area contributed by atoms with E-state index >= 15 is 0 Å². The average Bonchev–Trinajstić information content (AvgIpc) is 3.81. The summed E-state index contributed by atoms with van der Waals surface area (Å²) in [6.45, 7) is 0. The Morgan fingerprint density at radius 2 is 0.915 bits per heavy atom. The lowest BCUT2D eigenvalue weighted by Crippen LogP contribution is -1.91. The second-order valence-electron chi connectivity index (χ2n) is 12.3. The van der Waals surface area contributed by atoms with Gasteiger partial charge in [0.15, 0.2) is 0 Å². The summed E-state index contributed by atoms with van der Waals surface area (Å²) in [6, 6.07) is 52.3. The first kappa shape index (κ1) is 25.3. The summed E-state index contributed by atoms with van der Waals surface area (Å²) in [5.74, 6) is 0. The van der Waals surface area contributed by atoms with Crippen LogP contribution in [-0.2, 0) is 0 Å². The van der Waals surface area contributed by atoms with Gasteiger partial charge in [-0.05, 0) is 86.3 Å². The van der Waals surface area contributed by atoms with Gasteiger partial charge in [-0.25, -0.2) is 0 Å². The van der Waals surface area contributed by atoms with Crippen molar-refractivity contribution < 1.29 is 8.83 Å². The molecule has 0 bridgehead atoms. The van der Waals surface area contributed by atoms with Crippen LogP contribution in [0.2, 0.25) is 0 Å². The summed E-state index contributed by atoms with van der Waals surface area (Å²) in [6.07, 6.45) is 0. The van der Waals surface area contributed by atoms with Crippen molar-refractivity contribution in [2.24, 2.45) is 0 Å². The van der Waals surface area contributed by atoms with Gasteiger partial charge >= 0.3 is 0 Å². The van der Waals surface area contributed by atoms with Crippen LogP contribution in [0.15, 0.2) is 154 Å². The van der Waals surface area contributed by atoms with Crippen LogP contribution in [0.3, 0.4) is 0 Å². The van der Waals surface area contributed by atoms with Gasteiger partial charge in [0.05, 0.1) is 0 Å². The van der Waals surface area contributed by atoms with Crippen molar-refractivity contribution in [2.75, 3.05) is 0 Å². The van der Waals surface area contributed by atoms with Gasteiger partial charge < -0.3 is 8.83 Å². The van der Waals surface area contributed by atoms with E-state index in [4.69, 9.17) is 8.83 Å². The molecule has 11 aromatic rings. The Labute approximate surface area is 272 Å². The number of thiophene rings is 1. The second-order valence-corrected chi connectivity index (χ2v) is 13.4. The van der Waals surface area contributed by atoms with Crippen molar-refractivity contribution in [3.8, 4) is 22.3 Å². The molecule has 11 rings (SSSR count). The van der Waals surface area contributed by atoms with Gasteiger partial charge in [-0.15, -0.1) is 11.3 Å². The van der Waals surface area contributed by atoms with Crippen LogP contribution in [0.25, 0.3) is 108 Å². The average molecular weight is 617 g/mol. The lowest BCUT2D eigenvalue weighted by Gasteiger charge is -2.18. The van der Waals surface area contributed by atoms with E-state index in [-0.39, 0.29) is 0 Å². The van der Waals surface area contributed by atoms with Crippen LogP contribution in [-0.4, -0.2) is 0 Å². The predicted octanol–water partition coefficient (Wildman–Crippen LogP) is 13.5. The standard InChI is InChI=1S/C44H24O2S/c1-3-12-28-26(10-1)40(25-20-21-35-33(24-25)43-37(46-35)22-23-39-44(43)31-15-6-8-19-38(31)47-39)27-11-2-4-13-29(27)41(28)32-16-9-18-36-42(32)30-14-5-7-17-34(30)45-36/h1-24H. The highest BCUT2D eigenvalue weighted by Crippen LogP contribution is 2.48. The molecular formula is C44H24O2S. The largest absolute Gasteiger partial charge is 0.456 e. The number of para-hydroxylation sites is 1. The van der Waals surface area contributed by atoms with Crippen LogP contribution < -0.4 is 0 Å². The summed E-state index contributed by atoms with van der Waals surface area (Å²) in [5.41, 5.74) is 8.51. The molecule has 2 nitrogen and oxygen atoms in total. The third kappa shape index (κ3) is 3.44. The van der Waals surface area contributed by atoms with Gasteiger partial charge in [0.25, 0.3) is 0 Å². The highest BCUT2D eigenvalue weighted by Gasteiger charge is 2.21. The Bertz CT molecular complexity index is 3020. The lowest BCUT2D eigenvalue weighted by molar-refractivity contribution is 0.668. The fourth-order valence-corrected chi connectivity index (χ4v) is 9.06. The molecule has 8 aromatic carbocycles. The maximum absolute atomic E-state index is 6.49. The Morgan fingerprint density at radius 3 is 1.68 bits per heavy atom. The number of hydrogen-bond donors (Lipinski definition) is 0. The van der Waals surface area contributed by atoms with Crippen LogP contribution in [0.5, 0.6) is 0 Å². The van der Waals surface area contributed by atoms with Crippen molar-refractivity contribution >= 4 is 96.9 Å². The molecule has 0 atom stereocenters. The molecule has 3 aromatic heterocycles. The highest BCUT2D eigenvalue weighted by atomic mass is 32.1. The number of benzene rings is 8. The molecule has 0 radical (unpaired) electrons. The quantitative estimate of drug-likeness (QED) is 0.181. The molecule has 0 fully saturated rings. The smallest absolute Gasteiger partial charge is 0.136 e. The SMILES string of the molecule is c1ccc2c(c1)oc1cccc(-c3c4ccccc4c(-c4ccc5oc6ccc7sc8ccccc8c7c6c5c4)c4ccccc34)c12. The Hall–Kier alpha value is -5.90. The van der Waals surface area contributed by atoms with E-state index in [1.807, 2.05) is 17.4 Å². The Balaban J connectivity index is 1.26. The van der Waals surface area contributed by atoms with Crippen molar-refractivity contribution in [1.82, 2.24) is 0 Å². The summed E-state index contributed by atoms with van der Waals surface area (Å²) >= 11 is 1.85. The van der Waals surface area contributed by atoms with E-state index in [2.05, 4.69) is 140 Å². The first-order valence-corrected chi connectivity index (χ1v) is 16.7. The first-order valence-electron chi connectivity index (χ1n) is 15.9. The molecule has 3 heteroatoms. The molecule has 0 amide bonds. The Kier molecular flexibility index (Phi) is 5.02. The van der Waals surface area contributed by atoms with Crippen LogP contribution in [0.1, 0.15) is 0 Å².